The van der Waals surface area contributed by atoms with Crippen molar-refractivity contribution < 1.29 is 18.9 Å². The van der Waals surface area contributed by atoms with Gasteiger partial charge >= 0.3 is 0 Å². The van der Waals surface area contributed by atoms with Gasteiger partial charge in [0.15, 0.2) is 0 Å². The van der Waals surface area contributed by atoms with E-state index in [-0.39, 0.29) is 43.3 Å². The van der Waals surface area contributed by atoms with Crippen molar-refractivity contribution in [1.29, 1.82) is 0 Å². The molecule has 0 radical (unpaired) electrons. The molecule has 9 rings (SSSR count). The molecule has 0 saturated heterocycles. The van der Waals surface area contributed by atoms with Gasteiger partial charge in [-0.1, -0.05) is 312 Å². The summed E-state index contributed by atoms with van der Waals surface area (Å²) in [6.07, 6.45) is 2.30. The lowest BCUT2D eigenvalue weighted by molar-refractivity contribution is 0.293. The molecule has 4 nitrogen and oxygen atoms in total. The molecule has 0 amide bonds. The molecule has 0 saturated carbocycles. The first kappa shape index (κ1) is 69.3. The van der Waals surface area contributed by atoms with Crippen LogP contribution in [0.4, 0.5) is 0 Å². The van der Waals surface area contributed by atoms with Gasteiger partial charge in [-0.15, -0.1) is 0 Å². The third-order valence-corrected chi connectivity index (χ3v) is 18.8. The van der Waals surface area contributed by atoms with Crippen molar-refractivity contribution in [2.24, 2.45) is 0 Å². The summed E-state index contributed by atoms with van der Waals surface area (Å²) in [4.78, 5) is 0. The second-order valence-corrected chi connectivity index (χ2v) is 35.1. The van der Waals surface area contributed by atoms with Gasteiger partial charge in [-0.25, -0.2) is 0 Å². The molecule has 92 heavy (non-hydrogen) atoms. The first-order valence-electron chi connectivity index (χ1n) is 34.1. The Morgan fingerprint density at radius 3 is 0.446 bits per heavy atom. The zero-order valence-corrected chi connectivity index (χ0v) is 61.1. The van der Waals surface area contributed by atoms with Crippen LogP contribution in [-0.4, -0.2) is 0 Å². The van der Waals surface area contributed by atoms with Crippen LogP contribution in [0.15, 0.2) is 146 Å². The van der Waals surface area contributed by atoms with Crippen molar-refractivity contribution in [1.82, 2.24) is 0 Å². The van der Waals surface area contributed by atoms with Crippen molar-refractivity contribution in [2.45, 2.75) is 262 Å². The maximum Gasteiger partial charge on any atom is 0.126 e. The van der Waals surface area contributed by atoms with Crippen molar-refractivity contribution in [2.75, 3.05) is 0 Å². The molecule has 0 spiro atoms. The highest BCUT2D eigenvalue weighted by atomic mass is 16.5. The summed E-state index contributed by atoms with van der Waals surface area (Å²) in [6.45, 7) is 57.1. The lowest BCUT2D eigenvalue weighted by Gasteiger charge is -2.29. The van der Waals surface area contributed by atoms with Gasteiger partial charge in [-0.3, -0.25) is 0 Å². The predicted molar refractivity (Wildman–Crippen MR) is 390 cm³/mol. The molecule has 0 N–H and O–H groups in total. The van der Waals surface area contributed by atoms with E-state index in [1.54, 1.807) is 0 Å². The fraction of sp³-hybridized carbons (Fsp3) is 0.455. The Morgan fingerprint density at radius 1 is 0.196 bits per heavy atom. The minimum atomic E-state index is -0.196. The van der Waals surface area contributed by atoms with Gasteiger partial charge in [0.1, 0.15) is 49.4 Å². The molecular weight excluding hydrogens is 1120 g/mol. The third kappa shape index (κ3) is 17.0. The zero-order chi connectivity index (χ0) is 67.3. The maximum atomic E-state index is 7.53. The van der Waals surface area contributed by atoms with E-state index in [1.165, 1.54) is 44.5 Å². The summed E-state index contributed by atoms with van der Waals surface area (Å²) in [6, 6.07) is 55.7. The molecule has 0 fully saturated rings. The quantitative estimate of drug-likeness (QED) is 0.122. The molecule has 0 aromatic heterocycles. The summed E-state index contributed by atoms with van der Waals surface area (Å²) in [7, 11) is 0. The highest BCUT2D eigenvalue weighted by Crippen LogP contribution is 2.46. The second kappa shape index (κ2) is 26.0. The second-order valence-electron chi connectivity index (χ2n) is 35.1. The number of hydrogen-bond donors (Lipinski definition) is 0. The average Bonchev–Trinajstić information content (AvgIpc) is 0.768. The van der Waals surface area contributed by atoms with E-state index in [1.807, 2.05) is 0 Å². The molecule has 8 bridgehead atoms. The van der Waals surface area contributed by atoms with Crippen LogP contribution < -0.4 is 18.9 Å². The van der Waals surface area contributed by atoms with Crippen LogP contribution in [0.1, 0.15) is 277 Å². The lowest BCUT2D eigenvalue weighted by Crippen LogP contribution is -2.18. The fourth-order valence-corrected chi connectivity index (χ4v) is 12.4. The summed E-state index contributed by atoms with van der Waals surface area (Å²) in [5, 5.41) is 0. The molecule has 0 unspecified atom stereocenters. The third-order valence-electron chi connectivity index (χ3n) is 18.8. The smallest absolute Gasteiger partial charge is 0.126 e. The summed E-state index contributed by atoms with van der Waals surface area (Å²) < 4.78 is 30.1. The normalized spacial score (nSPS) is 13.7. The number of rotatable bonds is 12. The van der Waals surface area contributed by atoms with E-state index in [0.717, 1.165) is 89.8 Å². The first-order valence-corrected chi connectivity index (χ1v) is 34.1. The van der Waals surface area contributed by atoms with E-state index in [2.05, 4.69) is 312 Å². The van der Waals surface area contributed by atoms with Crippen molar-refractivity contribution in [3.63, 3.8) is 0 Å². The Bertz CT molecular complexity index is 3260. The van der Waals surface area contributed by atoms with E-state index in [0.29, 0.717) is 52.1 Å². The topological polar surface area (TPSA) is 36.9 Å². The summed E-state index contributed by atoms with van der Waals surface area (Å²) >= 11 is 0. The lowest BCUT2D eigenvalue weighted by atomic mass is 9.79. The van der Waals surface area contributed by atoms with Crippen molar-refractivity contribution >= 4 is 0 Å². The van der Waals surface area contributed by atoms with Gasteiger partial charge in [-0.2, -0.15) is 0 Å². The molecule has 0 aliphatic heterocycles. The van der Waals surface area contributed by atoms with Crippen molar-refractivity contribution in [3.8, 4) is 23.0 Å². The Labute approximate surface area is 557 Å². The standard InChI is InChI=1S/C88H112O4/c1-81(2,3)69-33-25-57(26-34-69)53-89-77-61-41-63-47-74(86(16,17)18)49-65(78(63)90-54-58-27-35-70(36-28-58)82(4,5)6)43-67-51-76(88(22,23)24)52-68(80(67)92-56-60-31-39-72(40-32-60)84(10,11)12)44-66-50-75(87(19,20)21)48-64(42-62(77)46-73(45-61)85(13,14)15)79(66)91-55-59-29-37-71(38-30-59)83(7,8)9/h25-40,45-52H,41-44,53-56H2,1-24H3. The van der Waals surface area contributed by atoms with E-state index in [4.69, 9.17) is 18.9 Å². The van der Waals surface area contributed by atoms with E-state index < -0.39 is 0 Å². The van der Waals surface area contributed by atoms with Crippen LogP contribution in [0.3, 0.4) is 0 Å². The van der Waals surface area contributed by atoms with Gasteiger partial charge in [-0.05, 0) is 155 Å². The number of hydrogen-bond acceptors (Lipinski definition) is 4. The number of fused-ring (bicyclic) bond motifs is 8. The summed E-state index contributed by atoms with van der Waals surface area (Å²) in [5.74, 6) is 3.64. The minimum absolute atomic E-state index is 0.0274. The average molecular weight is 1230 g/mol. The van der Waals surface area contributed by atoms with Crippen molar-refractivity contribution in [3.05, 3.63) is 257 Å². The van der Waals surface area contributed by atoms with Gasteiger partial charge in [0.2, 0.25) is 0 Å². The Balaban J connectivity index is 1.37. The van der Waals surface area contributed by atoms with E-state index >= 15 is 0 Å². The molecule has 0 heterocycles. The highest BCUT2D eigenvalue weighted by molar-refractivity contribution is 5.60. The van der Waals surface area contributed by atoms with Crippen LogP contribution in [0.25, 0.3) is 0 Å². The van der Waals surface area contributed by atoms with Crippen LogP contribution in [0, 0.1) is 0 Å². The number of benzene rings is 8. The van der Waals surface area contributed by atoms with Crippen LogP contribution in [0.5, 0.6) is 23.0 Å². The fourth-order valence-electron chi connectivity index (χ4n) is 12.4. The largest absolute Gasteiger partial charge is 0.488 e. The predicted octanol–water partition coefficient (Wildman–Crippen LogP) is 23.1. The van der Waals surface area contributed by atoms with Gasteiger partial charge in [0.25, 0.3) is 0 Å². The Hall–Kier alpha value is -7.04. The maximum absolute atomic E-state index is 7.53. The monoisotopic (exact) mass is 1230 g/mol. The van der Waals surface area contributed by atoms with Crippen LogP contribution in [0.2, 0.25) is 0 Å². The highest BCUT2D eigenvalue weighted by Gasteiger charge is 2.31. The molecule has 8 aromatic rings. The molecule has 0 atom stereocenters. The first-order chi connectivity index (χ1) is 42.6. The van der Waals surface area contributed by atoms with E-state index in [9.17, 15) is 0 Å². The minimum Gasteiger partial charge on any atom is -0.488 e. The van der Waals surface area contributed by atoms with Gasteiger partial charge < -0.3 is 18.9 Å². The molecule has 1 aliphatic rings. The van der Waals surface area contributed by atoms with Gasteiger partial charge in [0, 0.05) is 25.7 Å². The van der Waals surface area contributed by atoms with Crippen LogP contribution >= 0.6 is 0 Å². The molecule has 4 heteroatoms. The molecule has 1 aliphatic carbocycles. The summed E-state index contributed by atoms with van der Waals surface area (Å²) in [5.41, 5.74) is 23.1. The zero-order valence-electron chi connectivity index (χ0n) is 61.1. The van der Waals surface area contributed by atoms with Crippen LogP contribution in [-0.2, 0) is 95.4 Å². The van der Waals surface area contributed by atoms with Gasteiger partial charge in [0.05, 0.1) is 0 Å². The molecular formula is C88H112O4. The molecule has 488 valence electrons. The number of ether oxygens (including phenoxy) is 4. The Kier molecular flexibility index (Phi) is 19.6. The Morgan fingerprint density at radius 2 is 0.326 bits per heavy atom. The molecule has 8 aromatic carbocycles. The SMILES string of the molecule is CC(C)(C)c1ccc(COc2c3cc(C(C)(C)C)cc2Cc2cc(C(C)(C)C)cc(c2OCc2ccc(C(C)(C)C)cc2)Cc2cc(C(C)(C)C)cc(c2OCc2ccc(C(C)(C)C)cc2)Cc2cc(C(C)(C)C)cc(c2OCc2ccc(C(C)(C)C)cc2)C3)cc1.